The molecule has 106 valence electrons. The third-order valence-corrected chi connectivity index (χ3v) is 4.09. The van der Waals surface area contributed by atoms with Gasteiger partial charge < -0.3 is 15.0 Å². The zero-order valence-electron chi connectivity index (χ0n) is 12.0. The summed E-state index contributed by atoms with van der Waals surface area (Å²) in [7, 11) is 5.62. The molecule has 0 aromatic heterocycles. The minimum atomic E-state index is -0.223. The van der Waals surface area contributed by atoms with Crippen molar-refractivity contribution in [3.63, 3.8) is 0 Å². The first-order valence-electron chi connectivity index (χ1n) is 6.79. The first-order chi connectivity index (χ1) is 9.10. The van der Waals surface area contributed by atoms with Crippen molar-refractivity contribution >= 4 is 5.69 Å². The molecule has 0 atom stereocenters. The maximum atomic E-state index is 13.4. The Morgan fingerprint density at radius 2 is 2.16 bits per heavy atom. The molecule has 2 rings (SSSR count). The lowest BCUT2D eigenvalue weighted by Gasteiger charge is -2.45. The predicted molar refractivity (Wildman–Crippen MR) is 76.4 cm³/mol. The Morgan fingerprint density at radius 1 is 1.42 bits per heavy atom. The number of methoxy groups -OCH3 is 1. The summed E-state index contributed by atoms with van der Waals surface area (Å²) < 4.78 is 18.7. The van der Waals surface area contributed by atoms with Crippen molar-refractivity contribution in [3.05, 3.63) is 24.0 Å². The highest BCUT2D eigenvalue weighted by Gasteiger charge is 2.37. The molecule has 0 bridgehead atoms. The molecule has 0 amide bonds. The molecule has 0 heterocycles. The minimum absolute atomic E-state index is 0.223. The average molecular weight is 266 g/mol. The molecule has 1 fully saturated rings. The number of rotatable bonds is 6. The molecule has 0 unspecified atom stereocenters. The number of nitrogens with zero attached hydrogens (tertiary/aromatic N) is 1. The summed E-state index contributed by atoms with van der Waals surface area (Å²) in [5.74, 6) is 0.502. The van der Waals surface area contributed by atoms with Crippen LogP contribution in [0.15, 0.2) is 18.2 Å². The van der Waals surface area contributed by atoms with Gasteiger partial charge in [-0.3, -0.25) is 0 Å². The van der Waals surface area contributed by atoms with Crippen LogP contribution in [0.3, 0.4) is 0 Å². The maximum absolute atomic E-state index is 13.4. The van der Waals surface area contributed by atoms with Gasteiger partial charge in [-0.05, 0) is 32.0 Å². The SMILES string of the molecule is CNCC1(CN(C)c2cc(F)ccc2OC)CCC1. The van der Waals surface area contributed by atoms with E-state index >= 15 is 0 Å². The number of anilines is 1. The van der Waals surface area contributed by atoms with Gasteiger partial charge in [0.1, 0.15) is 11.6 Å². The van der Waals surface area contributed by atoms with Crippen molar-refractivity contribution in [3.8, 4) is 5.75 Å². The summed E-state index contributed by atoms with van der Waals surface area (Å²) in [6.07, 6.45) is 3.75. The fourth-order valence-corrected chi connectivity index (χ4v) is 2.99. The number of nitrogens with one attached hydrogen (secondary N) is 1. The van der Waals surface area contributed by atoms with Crippen LogP contribution in [0.4, 0.5) is 10.1 Å². The summed E-state index contributed by atoms with van der Waals surface area (Å²) in [5, 5.41) is 3.28. The number of ether oxygens (including phenoxy) is 1. The van der Waals surface area contributed by atoms with Crippen LogP contribution in [0.1, 0.15) is 19.3 Å². The second-order valence-electron chi connectivity index (χ2n) is 5.56. The summed E-state index contributed by atoms with van der Waals surface area (Å²) in [6, 6.07) is 4.67. The summed E-state index contributed by atoms with van der Waals surface area (Å²) in [4.78, 5) is 2.11. The number of halogens is 1. The summed E-state index contributed by atoms with van der Waals surface area (Å²) >= 11 is 0. The third kappa shape index (κ3) is 3.00. The monoisotopic (exact) mass is 266 g/mol. The second-order valence-corrected chi connectivity index (χ2v) is 5.56. The second kappa shape index (κ2) is 5.78. The predicted octanol–water partition coefficient (Wildman–Crippen LogP) is 2.66. The molecular weight excluding hydrogens is 243 g/mol. The number of hydrogen-bond acceptors (Lipinski definition) is 3. The van der Waals surface area contributed by atoms with Crippen molar-refractivity contribution in [2.75, 3.05) is 39.2 Å². The van der Waals surface area contributed by atoms with Gasteiger partial charge in [-0.2, -0.15) is 0 Å². The zero-order valence-corrected chi connectivity index (χ0v) is 12.0. The highest BCUT2D eigenvalue weighted by molar-refractivity contribution is 5.58. The molecule has 1 aromatic rings. The molecule has 1 aliphatic carbocycles. The fraction of sp³-hybridized carbons (Fsp3) is 0.600. The Hall–Kier alpha value is -1.29. The van der Waals surface area contributed by atoms with E-state index in [1.165, 1.54) is 25.3 Å². The molecule has 1 aliphatic rings. The minimum Gasteiger partial charge on any atom is -0.495 e. The van der Waals surface area contributed by atoms with E-state index in [1.807, 2.05) is 14.1 Å². The van der Waals surface area contributed by atoms with Crippen molar-refractivity contribution in [2.24, 2.45) is 5.41 Å². The van der Waals surface area contributed by atoms with Crippen molar-refractivity contribution in [2.45, 2.75) is 19.3 Å². The topological polar surface area (TPSA) is 24.5 Å². The quantitative estimate of drug-likeness (QED) is 0.856. The van der Waals surface area contributed by atoms with E-state index in [0.29, 0.717) is 5.41 Å². The lowest BCUT2D eigenvalue weighted by molar-refractivity contribution is 0.142. The van der Waals surface area contributed by atoms with E-state index in [4.69, 9.17) is 4.74 Å². The molecule has 19 heavy (non-hydrogen) atoms. The molecule has 3 nitrogen and oxygen atoms in total. The van der Waals surface area contributed by atoms with Gasteiger partial charge in [0.2, 0.25) is 0 Å². The lowest BCUT2D eigenvalue weighted by atomic mass is 9.68. The number of benzene rings is 1. The van der Waals surface area contributed by atoms with Crippen LogP contribution in [0.2, 0.25) is 0 Å². The molecule has 1 N–H and O–H groups in total. The van der Waals surface area contributed by atoms with Gasteiger partial charge in [0.15, 0.2) is 0 Å². The number of hydrogen-bond donors (Lipinski definition) is 1. The maximum Gasteiger partial charge on any atom is 0.142 e. The van der Waals surface area contributed by atoms with Crippen molar-refractivity contribution < 1.29 is 9.13 Å². The highest BCUT2D eigenvalue weighted by Crippen LogP contribution is 2.42. The van der Waals surface area contributed by atoms with Crippen LogP contribution in [0.5, 0.6) is 5.75 Å². The van der Waals surface area contributed by atoms with E-state index in [-0.39, 0.29) is 5.82 Å². The Morgan fingerprint density at radius 3 is 2.68 bits per heavy atom. The van der Waals surface area contributed by atoms with Crippen LogP contribution < -0.4 is 15.0 Å². The van der Waals surface area contributed by atoms with Crippen LogP contribution in [-0.2, 0) is 0 Å². The van der Waals surface area contributed by atoms with Crippen LogP contribution in [0, 0.1) is 11.2 Å². The summed E-state index contributed by atoms with van der Waals surface area (Å²) in [5.41, 5.74) is 1.14. The van der Waals surface area contributed by atoms with Crippen molar-refractivity contribution in [1.29, 1.82) is 0 Å². The summed E-state index contributed by atoms with van der Waals surface area (Å²) in [6.45, 7) is 1.93. The Balaban J connectivity index is 2.15. The normalized spacial score (nSPS) is 16.8. The molecule has 0 saturated heterocycles. The van der Waals surface area contributed by atoms with E-state index in [2.05, 4.69) is 10.2 Å². The van der Waals surface area contributed by atoms with Gasteiger partial charge in [0.25, 0.3) is 0 Å². The standard InChI is InChI=1S/C15H23FN2O/c1-17-10-15(7-4-8-15)11-18(2)13-9-12(16)5-6-14(13)19-3/h5-6,9,17H,4,7-8,10-11H2,1-3H3. The van der Waals surface area contributed by atoms with Gasteiger partial charge in [-0.25, -0.2) is 4.39 Å². The van der Waals surface area contributed by atoms with Gasteiger partial charge in [0, 0.05) is 31.6 Å². The molecule has 1 saturated carbocycles. The molecule has 0 spiro atoms. The first kappa shape index (κ1) is 14.1. The van der Waals surface area contributed by atoms with Crippen LogP contribution in [-0.4, -0.2) is 34.3 Å². The Kier molecular flexibility index (Phi) is 4.30. The fourth-order valence-electron chi connectivity index (χ4n) is 2.99. The largest absolute Gasteiger partial charge is 0.495 e. The van der Waals surface area contributed by atoms with E-state index in [1.54, 1.807) is 19.2 Å². The van der Waals surface area contributed by atoms with Gasteiger partial charge >= 0.3 is 0 Å². The molecule has 0 aliphatic heterocycles. The van der Waals surface area contributed by atoms with Gasteiger partial charge in [-0.1, -0.05) is 6.42 Å². The van der Waals surface area contributed by atoms with Gasteiger partial charge in [0.05, 0.1) is 12.8 Å². The Bertz CT molecular complexity index is 432. The van der Waals surface area contributed by atoms with Crippen LogP contribution >= 0.6 is 0 Å². The van der Waals surface area contributed by atoms with E-state index < -0.39 is 0 Å². The molecular formula is C15H23FN2O. The van der Waals surface area contributed by atoms with Crippen molar-refractivity contribution in [1.82, 2.24) is 5.32 Å². The molecule has 4 heteroatoms. The van der Waals surface area contributed by atoms with E-state index in [0.717, 1.165) is 24.5 Å². The highest BCUT2D eigenvalue weighted by atomic mass is 19.1. The first-order valence-corrected chi connectivity index (χ1v) is 6.79. The Labute approximate surface area is 114 Å². The molecule has 1 aromatic carbocycles. The smallest absolute Gasteiger partial charge is 0.142 e. The third-order valence-electron chi connectivity index (χ3n) is 4.09. The average Bonchev–Trinajstić information content (AvgIpc) is 2.36. The lowest BCUT2D eigenvalue weighted by Crippen LogP contribution is -2.47. The van der Waals surface area contributed by atoms with E-state index in [9.17, 15) is 4.39 Å². The molecule has 0 radical (unpaired) electrons. The van der Waals surface area contributed by atoms with Gasteiger partial charge in [-0.15, -0.1) is 0 Å². The van der Waals surface area contributed by atoms with Crippen LogP contribution in [0.25, 0.3) is 0 Å². The zero-order chi connectivity index (χ0) is 13.9.